The zero-order valence-corrected chi connectivity index (χ0v) is 15.1. The van der Waals surface area contributed by atoms with Crippen molar-refractivity contribution in [3.8, 4) is 22.6 Å². The van der Waals surface area contributed by atoms with Crippen LogP contribution in [0.25, 0.3) is 22.6 Å². The van der Waals surface area contributed by atoms with Crippen LogP contribution in [0.1, 0.15) is 12.0 Å². The first-order valence-electron chi connectivity index (χ1n) is 9.19. The molecule has 3 aromatic rings. The maximum Gasteiger partial charge on any atom is 0.251 e. The zero-order valence-electron chi connectivity index (χ0n) is 15.1. The van der Waals surface area contributed by atoms with E-state index >= 15 is 0 Å². The van der Waals surface area contributed by atoms with Crippen LogP contribution < -0.4 is 5.56 Å². The minimum absolute atomic E-state index is 0.165. The molecule has 27 heavy (non-hydrogen) atoms. The Morgan fingerprint density at radius 2 is 1.93 bits per heavy atom. The predicted molar refractivity (Wildman–Crippen MR) is 104 cm³/mol. The number of hydrogen-bond acceptors (Lipinski definition) is 5. The van der Waals surface area contributed by atoms with Crippen LogP contribution in [0.5, 0.6) is 0 Å². The Morgan fingerprint density at radius 3 is 2.81 bits per heavy atom. The number of rotatable bonds is 4. The van der Waals surface area contributed by atoms with Crippen molar-refractivity contribution in [3.63, 3.8) is 0 Å². The van der Waals surface area contributed by atoms with Crippen molar-refractivity contribution >= 4 is 0 Å². The van der Waals surface area contributed by atoms with Gasteiger partial charge < -0.3 is 9.72 Å². The van der Waals surface area contributed by atoms with Crippen molar-refractivity contribution in [2.75, 3.05) is 26.3 Å². The van der Waals surface area contributed by atoms with Crippen LogP contribution >= 0.6 is 0 Å². The summed E-state index contributed by atoms with van der Waals surface area (Å²) in [6.07, 6.45) is 4.45. The second-order valence-corrected chi connectivity index (χ2v) is 6.66. The van der Waals surface area contributed by atoms with E-state index in [4.69, 9.17) is 4.74 Å². The first-order chi connectivity index (χ1) is 13.3. The number of pyridine rings is 1. The summed E-state index contributed by atoms with van der Waals surface area (Å²) < 4.78 is 5.53. The lowest BCUT2D eigenvalue weighted by molar-refractivity contribution is 0.140. The minimum atomic E-state index is -0.165. The first kappa shape index (κ1) is 17.6. The van der Waals surface area contributed by atoms with Gasteiger partial charge in [0.25, 0.3) is 5.56 Å². The van der Waals surface area contributed by atoms with E-state index in [0.717, 1.165) is 50.4 Å². The number of nitrogens with zero attached hydrogens (tertiary/aromatic N) is 3. The second-order valence-electron chi connectivity index (χ2n) is 6.66. The zero-order chi connectivity index (χ0) is 18.5. The van der Waals surface area contributed by atoms with Crippen molar-refractivity contribution < 1.29 is 4.74 Å². The predicted octanol–water partition coefficient (Wildman–Crippen LogP) is 2.72. The Morgan fingerprint density at radius 1 is 1.04 bits per heavy atom. The Bertz CT molecular complexity index is 948. The van der Waals surface area contributed by atoms with Crippen molar-refractivity contribution in [2.45, 2.75) is 13.0 Å². The summed E-state index contributed by atoms with van der Waals surface area (Å²) in [4.78, 5) is 26.1. The summed E-state index contributed by atoms with van der Waals surface area (Å²) in [6, 6.07) is 13.4. The summed E-state index contributed by atoms with van der Waals surface area (Å²) in [5.41, 5.74) is 3.46. The molecule has 0 atom stereocenters. The van der Waals surface area contributed by atoms with Crippen molar-refractivity contribution in [1.82, 2.24) is 19.9 Å². The van der Waals surface area contributed by atoms with Gasteiger partial charge >= 0.3 is 0 Å². The molecular formula is C21H22N4O2. The van der Waals surface area contributed by atoms with Gasteiger partial charge in [-0.15, -0.1) is 0 Å². The Hall–Kier alpha value is -2.83. The van der Waals surface area contributed by atoms with Gasteiger partial charge in [0.2, 0.25) is 0 Å². The lowest BCUT2D eigenvalue weighted by atomic mass is 10.1. The molecular weight excluding hydrogens is 340 g/mol. The number of H-pyrrole nitrogens is 1. The molecule has 0 unspecified atom stereocenters. The van der Waals surface area contributed by atoms with Crippen LogP contribution in [0.3, 0.4) is 0 Å². The summed E-state index contributed by atoms with van der Waals surface area (Å²) in [5.74, 6) is 0.579. The molecule has 6 heteroatoms. The van der Waals surface area contributed by atoms with E-state index in [1.807, 2.05) is 24.3 Å². The summed E-state index contributed by atoms with van der Waals surface area (Å²) in [6.45, 7) is 4.46. The van der Waals surface area contributed by atoms with Gasteiger partial charge in [0, 0.05) is 55.8 Å². The van der Waals surface area contributed by atoms with Crippen LogP contribution in [0.4, 0.5) is 0 Å². The maximum absolute atomic E-state index is 12.2. The molecule has 0 saturated carbocycles. The number of hydrogen-bond donors (Lipinski definition) is 1. The van der Waals surface area contributed by atoms with Gasteiger partial charge in [-0.3, -0.25) is 14.7 Å². The normalized spacial score (nSPS) is 15.4. The largest absolute Gasteiger partial charge is 0.380 e. The molecule has 0 bridgehead atoms. The quantitative estimate of drug-likeness (QED) is 0.773. The molecule has 6 nitrogen and oxygen atoms in total. The highest BCUT2D eigenvalue weighted by Gasteiger charge is 2.11. The van der Waals surface area contributed by atoms with Crippen molar-refractivity contribution in [1.29, 1.82) is 0 Å². The van der Waals surface area contributed by atoms with Crippen LogP contribution in [-0.4, -0.2) is 46.2 Å². The summed E-state index contributed by atoms with van der Waals surface area (Å²) in [5, 5.41) is 0. The molecule has 3 heterocycles. The highest BCUT2D eigenvalue weighted by atomic mass is 16.5. The fourth-order valence-corrected chi connectivity index (χ4v) is 3.30. The minimum Gasteiger partial charge on any atom is -0.380 e. The van der Waals surface area contributed by atoms with Gasteiger partial charge in [0.05, 0.1) is 12.3 Å². The topological polar surface area (TPSA) is 71.1 Å². The molecule has 4 rings (SSSR count). The Balaban J connectivity index is 1.62. The molecule has 1 aliphatic heterocycles. The van der Waals surface area contributed by atoms with E-state index in [1.165, 1.54) is 11.6 Å². The average Bonchev–Trinajstić information content (AvgIpc) is 2.97. The Labute approximate surface area is 157 Å². The third kappa shape index (κ3) is 4.48. The highest BCUT2D eigenvalue weighted by Crippen LogP contribution is 2.20. The Kier molecular flexibility index (Phi) is 5.37. The molecule has 1 N–H and O–H groups in total. The summed E-state index contributed by atoms with van der Waals surface area (Å²) >= 11 is 0. The van der Waals surface area contributed by atoms with Crippen molar-refractivity contribution in [2.24, 2.45) is 0 Å². The van der Waals surface area contributed by atoms with Gasteiger partial charge in [0.15, 0.2) is 0 Å². The molecule has 138 valence electrons. The fraction of sp³-hybridized carbons (Fsp3) is 0.286. The molecule has 0 aliphatic carbocycles. The van der Waals surface area contributed by atoms with Crippen LogP contribution in [-0.2, 0) is 11.3 Å². The van der Waals surface area contributed by atoms with Gasteiger partial charge in [-0.05, 0) is 30.2 Å². The van der Waals surface area contributed by atoms with Gasteiger partial charge in [-0.1, -0.05) is 18.2 Å². The fourth-order valence-electron chi connectivity index (χ4n) is 3.30. The lowest BCUT2D eigenvalue weighted by Crippen LogP contribution is -2.25. The maximum atomic E-state index is 12.2. The third-order valence-electron chi connectivity index (χ3n) is 4.64. The number of aromatic nitrogens is 3. The molecule has 1 aromatic carbocycles. The van der Waals surface area contributed by atoms with E-state index in [9.17, 15) is 4.79 Å². The second kappa shape index (κ2) is 8.24. The number of benzene rings is 1. The first-order valence-corrected chi connectivity index (χ1v) is 9.19. The number of aromatic amines is 1. The highest BCUT2D eigenvalue weighted by molar-refractivity contribution is 5.63. The van der Waals surface area contributed by atoms with Gasteiger partial charge in [-0.2, -0.15) is 0 Å². The SMILES string of the molecule is O=c1cc(-c2ccncc2)nc(-c2cccc(CN3CCCOCC3)c2)[nH]1. The standard InChI is InChI=1S/C21H22N4O2/c26-20-14-19(17-5-7-22-8-6-17)23-21(24-20)18-4-1-3-16(13-18)15-25-9-2-11-27-12-10-25/h1,3-8,13-14H,2,9-12,15H2,(H,23,24,26). The molecule has 0 amide bonds. The van der Waals surface area contributed by atoms with Crippen molar-refractivity contribution in [3.05, 3.63) is 70.8 Å². The lowest BCUT2D eigenvalue weighted by Gasteiger charge is -2.19. The molecule has 1 saturated heterocycles. The number of nitrogens with one attached hydrogen (secondary N) is 1. The van der Waals surface area contributed by atoms with Crippen LogP contribution in [0.15, 0.2) is 59.7 Å². The summed E-state index contributed by atoms with van der Waals surface area (Å²) in [7, 11) is 0. The van der Waals surface area contributed by atoms with E-state index < -0.39 is 0 Å². The third-order valence-corrected chi connectivity index (χ3v) is 4.64. The van der Waals surface area contributed by atoms with E-state index in [0.29, 0.717) is 11.5 Å². The molecule has 1 fully saturated rings. The smallest absolute Gasteiger partial charge is 0.251 e. The average molecular weight is 362 g/mol. The van der Waals surface area contributed by atoms with E-state index in [-0.39, 0.29) is 5.56 Å². The monoisotopic (exact) mass is 362 g/mol. The molecule has 1 aliphatic rings. The number of ether oxygens (including phenoxy) is 1. The van der Waals surface area contributed by atoms with Crippen LogP contribution in [0, 0.1) is 0 Å². The van der Waals surface area contributed by atoms with Gasteiger partial charge in [-0.25, -0.2) is 4.98 Å². The van der Waals surface area contributed by atoms with E-state index in [2.05, 4.69) is 32.0 Å². The van der Waals surface area contributed by atoms with E-state index in [1.54, 1.807) is 12.4 Å². The van der Waals surface area contributed by atoms with Crippen LogP contribution in [0.2, 0.25) is 0 Å². The molecule has 0 radical (unpaired) electrons. The molecule has 2 aromatic heterocycles. The molecule has 0 spiro atoms. The van der Waals surface area contributed by atoms with Gasteiger partial charge in [0.1, 0.15) is 5.82 Å².